The molecule has 0 aliphatic carbocycles. The molecule has 0 atom stereocenters. The Morgan fingerprint density at radius 1 is 1.40 bits per heavy atom. The molecule has 24 valence electrons. The maximum absolute atomic E-state index is 8.25. The van der Waals surface area contributed by atoms with E-state index in [9.17, 15) is 0 Å². The van der Waals surface area contributed by atoms with Crippen molar-refractivity contribution in [3.63, 3.8) is 0 Å². The molecule has 5 heteroatoms. The molecule has 0 fully saturated rings. The second-order valence-corrected chi connectivity index (χ2v) is 0.224. The van der Waals surface area contributed by atoms with Crippen LogP contribution in [0.1, 0.15) is 0 Å². The van der Waals surface area contributed by atoms with Gasteiger partial charge >= 0.3 is 41.3 Å². The van der Waals surface area contributed by atoms with Crippen LogP contribution in [0.3, 0.4) is 0 Å². The fraction of sp³-hybridized carbons (Fsp3) is 0. The van der Waals surface area contributed by atoms with Crippen LogP contribution in [0.4, 0.5) is 0 Å². The first kappa shape index (κ1) is 9.12. The van der Waals surface area contributed by atoms with E-state index in [0.717, 1.165) is 0 Å². The van der Waals surface area contributed by atoms with Gasteiger partial charge in [-0.25, -0.2) is 0 Å². The maximum atomic E-state index is 8.25. The van der Waals surface area contributed by atoms with Gasteiger partial charge in [0.25, 0.3) is 0 Å². The molecule has 0 bridgehead atoms. The van der Waals surface area contributed by atoms with Crippen molar-refractivity contribution in [1.29, 1.82) is 0 Å². The molecule has 0 N–H and O–H groups in total. The molecule has 0 unspecified atom stereocenters. The summed E-state index contributed by atoms with van der Waals surface area (Å²) in [6.07, 6.45) is 0. The zero-order valence-corrected chi connectivity index (χ0v) is 5.95. The van der Waals surface area contributed by atoms with E-state index < -0.39 is 5.09 Å². The molecule has 0 saturated heterocycles. The van der Waals surface area contributed by atoms with E-state index in [2.05, 4.69) is 0 Å². The summed E-state index contributed by atoms with van der Waals surface area (Å²) in [5.74, 6) is 0. The Morgan fingerprint density at radius 2 is 1.40 bits per heavy atom. The second kappa shape index (κ2) is 4.56. The van der Waals surface area contributed by atoms with Crippen LogP contribution in [0.25, 0.3) is 0 Å². The van der Waals surface area contributed by atoms with Crippen molar-refractivity contribution < 1.29 is 46.4 Å². The van der Waals surface area contributed by atoms with E-state index in [1.807, 2.05) is 0 Å². The van der Waals surface area contributed by atoms with Gasteiger partial charge < -0.3 is 15.3 Å². The van der Waals surface area contributed by atoms with Crippen LogP contribution in [0.2, 0.25) is 0 Å². The first-order valence-corrected chi connectivity index (χ1v) is 0.548. The summed E-state index contributed by atoms with van der Waals surface area (Å²) in [6.45, 7) is 0. The molecule has 0 aromatic carbocycles. The Labute approximate surface area is 61.2 Å². The molecule has 0 amide bonds. The summed E-state index contributed by atoms with van der Waals surface area (Å²) in [7, 11) is 0. The van der Waals surface area contributed by atoms with Crippen LogP contribution in [0.15, 0.2) is 0 Å². The summed E-state index contributed by atoms with van der Waals surface area (Å²) in [6, 6.07) is 0. The van der Waals surface area contributed by atoms with Gasteiger partial charge in [0.2, 0.25) is 0 Å². The molecule has 0 saturated carbocycles. The van der Waals surface area contributed by atoms with Crippen LogP contribution in [0, 0.1) is 56.6 Å². The standard InChI is InChI=1S/NO3.Pr/c2-1(3)4;/q-1;+3. The van der Waals surface area contributed by atoms with Crippen molar-refractivity contribution >= 4 is 0 Å². The molecule has 5 heavy (non-hydrogen) atoms. The number of nitrogens with zero attached hydrogens (tertiary/aromatic N) is 1. The van der Waals surface area contributed by atoms with Gasteiger partial charge in [-0.05, 0) is 0 Å². The van der Waals surface area contributed by atoms with E-state index in [-0.39, 0.29) is 41.3 Å². The summed E-state index contributed by atoms with van der Waals surface area (Å²) >= 11 is 0. The van der Waals surface area contributed by atoms with Gasteiger partial charge in [-0.15, -0.1) is 0 Å². The molecule has 0 aliphatic heterocycles. The normalized spacial score (nSPS) is 4.80. The monoisotopic (exact) mass is 203 g/mol. The Hall–Kier alpha value is 0.564. The largest absolute Gasteiger partial charge is 3.00 e. The Balaban J connectivity index is 0. The third kappa shape index (κ3) is 94.4. The number of hydrogen-bond acceptors (Lipinski definition) is 3. The zero-order chi connectivity index (χ0) is 3.58. The van der Waals surface area contributed by atoms with Gasteiger partial charge in [-0.3, -0.25) is 0 Å². The predicted octanol–water partition coefficient (Wildman–Crippen LogP) is -0.239. The van der Waals surface area contributed by atoms with Crippen LogP contribution in [0.5, 0.6) is 0 Å². The quantitative estimate of drug-likeness (QED) is 0.403. The van der Waals surface area contributed by atoms with Gasteiger partial charge in [-0.1, -0.05) is 0 Å². The first-order chi connectivity index (χ1) is 1.73. The summed E-state index contributed by atoms with van der Waals surface area (Å²) < 4.78 is 0. The minimum absolute atomic E-state index is 0. The maximum Gasteiger partial charge on any atom is 3.00 e. The van der Waals surface area contributed by atoms with Gasteiger partial charge in [-0.2, -0.15) is 0 Å². The molecular weight excluding hydrogens is 203 g/mol. The topological polar surface area (TPSA) is 66.2 Å². The van der Waals surface area contributed by atoms with E-state index in [1.165, 1.54) is 0 Å². The molecule has 0 aromatic rings. The fourth-order valence-corrected chi connectivity index (χ4v) is 0. The predicted molar refractivity (Wildman–Crippen MR) is 10.4 cm³/mol. The minimum atomic E-state index is -1.75. The third-order valence-electron chi connectivity index (χ3n) is 0. The number of rotatable bonds is 0. The third-order valence-corrected chi connectivity index (χ3v) is 0. The first-order valence-electron chi connectivity index (χ1n) is 0.548. The van der Waals surface area contributed by atoms with Crippen molar-refractivity contribution in [3.05, 3.63) is 15.3 Å². The smallest absolute Gasteiger partial charge is 0.356 e. The fourth-order valence-electron chi connectivity index (χ4n) is 0. The SMILES string of the molecule is O=[N+]([O-])[O-].[Pr+3]. The van der Waals surface area contributed by atoms with Gasteiger partial charge in [0.15, 0.2) is 0 Å². The van der Waals surface area contributed by atoms with Crippen LogP contribution in [-0.4, -0.2) is 5.09 Å². The van der Waals surface area contributed by atoms with E-state index in [0.29, 0.717) is 0 Å². The van der Waals surface area contributed by atoms with Crippen molar-refractivity contribution in [2.75, 3.05) is 0 Å². The van der Waals surface area contributed by atoms with Crippen molar-refractivity contribution in [1.82, 2.24) is 0 Å². The Kier molecular flexibility index (Phi) is 8.33. The van der Waals surface area contributed by atoms with Crippen molar-refractivity contribution in [2.24, 2.45) is 0 Å². The van der Waals surface area contributed by atoms with E-state index >= 15 is 0 Å². The molecule has 0 radical (unpaired) electrons. The minimum Gasteiger partial charge on any atom is -0.356 e. The van der Waals surface area contributed by atoms with Gasteiger partial charge in [0.1, 0.15) is 0 Å². The zero-order valence-electron chi connectivity index (χ0n) is 2.25. The Bertz CT molecular complexity index is 29.9. The average molecular weight is 203 g/mol. The van der Waals surface area contributed by atoms with Crippen LogP contribution in [-0.2, 0) is 0 Å². The van der Waals surface area contributed by atoms with Gasteiger partial charge in [0.05, 0.1) is 5.09 Å². The van der Waals surface area contributed by atoms with E-state index in [4.69, 9.17) is 15.3 Å². The molecule has 0 spiro atoms. The molecule has 0 aromatic heterocycles. The molecule has 0 heterocycles. The van der Waals surface area contributed by atoms with Crippen molar-refractivity contribution in [3.8, 4) is 0 Å². The van der Waals surface area contributed by atoms with Crippen LogP contribution >= 0.6 is 0 Å². The summed E-state index contributed by atoms with van der Waals surface area (Å²) in [4.78, 5) is 8.25. The summed E-state index contributed by atoms with van der Waals surface area (Å²) in [5, 5.41) is 14.8. The van der Waals surface area contributed by atoms with Crippen LogP contribution < -0.4 is 0 Å². The molecule has 0 rings (SSSR count). The molecule has 0 aliphatic rings. The van der Waals surface area contributed by atoms with Crippen molar-refractivity contribution in [2.45, 2.75) is 0 Å². The Morgan fingerprint density at radius 3 is 1.40 bits per heavy atom. The number of hydrogen-bond donors (Lipinski definition) is 0. The molecular formula is NO3Pr+2. The van der Waals surface area contributed by atoms with E-state index in [1.54, 1.807) is 0 Å². The molecule has 4 nitrogen and oxygen atoms in total. The summed E-state index contributed by atoms with van der Waals surface area (Å²) in [5.41, 5.74) is 0. The van der Waals surface area contributed by atoms with Gasteiger partial charge in [0, 0.05) is 0 Å². The second-order valence-electron chi connectivity index (χ2n) is 0.224. The average Bonchev–Trinajstić information content (AvgIpc) is 0.811.